The lowest BCUT2D eigenvalue weighted by atomic mass is 10.0. The summed E-state index contributed by atoms with van der Waals surface area (Å²) in [6, 6.07) is 40.5. The molecule has 0 N–H and O–H groups in total. The van der Waals surface area contributed by atoms with Gasteiger partial charge in [0.2, 0.25) is 11.5 Å². The first-order chi connectivity index (χ1) is 25.3. The number of benzene rings is 6. The van der Waals surface area contributed by atoms with Crippen molar-refractivity contribution in [2.24, 2.45) is 0 Å². The van der Waals surface area contributed by atoms with E-state index in [-0.39, 0.29) is 23.0 Å². The number of rotatable bonds is 13. The van der Waals surface area contributed by atoms with E-state index in [1.54, 1.807) is 12.1 Å². The van der Waals surface area contributed by atoms with Crippen molar-refractivity contribution in [3.63, 3.8) is 0 Å². The van der Waals surface area contributed by atoms with Crippen molar-refractivity contribution in [3.8, 4) is 45.6 Å². The van der Waals surface area contributed by atoms with Gasteiger partial charge in [0.05, 0.1) is 42.7 Å². The van der Waals surface area contributed by atoms with Crippen LogP contribution in [0.15, 0.2) is 133 Å². The molecule has 52 heavy (non-hydrogen) atoms. The first-order valence-corrected chi connectivity index (χ1v) is 19.8. The van der Waals surface area contributed by atoms with Gasteiger partial charge in [0.1, 0.15) is 0 Å². The smallest absolute Gasteiger partial charge is 0.203 e. The maximum absolute atomic E-state index is 16.4. The average Bonchev–Trinajstić information content (AvgIpc) is 3.22. The van der Waals surface area contributed by atoms with Gasteiger partial charge in [-0.05, 0) is 12.1 Å². The standard InChI is InChI=1S/C42H40O8P2/c1-45-33-27-35(51(43,29-19-11-7-12-20-29)30-21-13-8-14-22-30)37(41(49-5)39(33)47-3)38-36(28-34(46-2)40(48-4)42(38)50-6)52(44,31-23-15-9-16-24-31)32-25-17-10-18-26-32/h7-28H,1-6H3. The molecule has 0 bridgehead atoms. The van der Waals surface area contributed by atoms with E-state index < -0.39 is 14.3 Å². The fourth-order valence-corrected chi connectivity index (χ4v) is 12.4. The van der Waals surface area contributed by atoms with Crippen LogP contribution < -0.4 is 60.2 Å². The second-order valence-corrected chi connectivity index (χ2v) is 17.1. The van der Waals surface area contributed by atoms with Crippen molar-refractivity contribution in [2.45, 2.75) is 0 Å². The zero-order chi connectivity index (χ0) is 36.9. The van der Waals surface area contributed by atoms with Crippen LogP contribution in [0.4, 0.5) is 0 Å². The Labute approximate surface area is 304 Å². The fourth-order valence-electron chi connectivity index (χ4n) is 6.67. The molecule has 0 atom stereocenters. The average molecular weight is 735 g/mol. The zero-order valence-corrected chi connectivity index (χ0v) is 31.7. The Bertz CT molecular complexity index is 2010. The van der Waals surface area contributed by atoms with Gasteiger partial charge in [0.15, 0.2) is 37.3 Å². The molecular formula is C42H40O8P2. The maximum Gasteiger partial charge on any atom is 0.203 e. The molecule has 0 radical (unpaired) electrons. The summed E-state index contributed by atoms with van der Waals surface area (Å²) >= 11 is 0. The van der Waals surface area contributed by atoms with Crippen molar-refractivity contribution in [1.82, 2.24) is 0 Å². The van der Waals surface area contributed by atoms with E-state index in [2.05, 4.69) is 0 Å². The van der Waals surface area contributed by atoms with E-state index in [4.69, 9.17) is 28.4 Å². The van der Waals surface area contributed by atoms with Gasteiger partial charge in [0.25, 0.3) is 0 Å². The molecule has 0 saturated carbocycles. The van der Waals surface area contributed by atoms with Crippen LogP contribution in [-0.4, -0.2) is 42.7 Å². The Morgan fingerprint density at radius 3 is 0.808 bits per heavy atom. The Morgan fingerprint density at radius 2 is 0.596 bits per heavy atom. The van der Waals surface area contributed by atoms with Crippen molar-refractivity contribution >= 4 is 46.1 Å². The van der Waals surface area contributed by atoms with E-state index in [9.17, 15) is 0 Å². The van der Waals surface area contributed by atoms with Crippen LogP contribution in [0.5, 0.6) is 34.5 Å². The third-order valence-corrected chi connectivity index (χ3v) is 15.2. The van der Waals surface area contributed by atoms with Gasteiger partial charge in [0, 0.05) is 43.0 Å². The third-order valence-electron chi connectivity index (χ3n) is 9.03. The monoisotopic (exact) mass is 734 g/mol. The third kappa shape index (κ3) is 6.02. The van der Waals surface area contributed by atoms with Crippen LogP contribution in [0, 0.1) is 0 Å². The Hall–Kier alpha value is -5.42. The lowest BCUT2D eigenvalue weighted by Crippen LogP contribution is -2.30. The van der Waals surface area contributed by atoms with Gasteiger partial charge < -0.3 is 37.6 Å². The van der Waals surface area contributed by atoms with Crippen molar-refractivity contribution < 1.29 is 37.6 Å². The van der Waals surface area contributed by atoms with E-state index >= 15 is 9.13 Å². The van der Waals surface area contributed by atoms with Crippen LogP contribution in [0.2, 0.25) is 0 Å². The van der Waals surface area contributed by atoms with Crippen molar-refractivity contribution in [3.05, 3.63) is 133 Å². The predicted octanol–water partition coefficient (Wildman–Crippen LogP) is 6.68. The summed E-state index contributed by atoms with van der Waals surface area (Å²) in [6.07, 6.45) is 0. The van der Waals surface area contributed by atoms with Crippen LogP contribution in [0.1, 0.15) is 0 Å². The predicted molar refractivity (Wildman–Crippen MR) is 210 cm³/mol. The first-order valence-electron chi connectivity index (χ1n) is 16.4. The molecule has 0 saturated heterocycles. The zero-order valence-electron chi connectivity index (χ0n) is 29.9. The van der Waals surface area contributed by atoms with Crippen molar-refractivity contribution in [2.75, 3.05) is 42.7 Å². The summed E-state index contributed by atoms with van der Waals surface area (Å²) in [5, 5.41) is 2.94. The number of hydrogen-bond donors (Lipinski definition) is 0. The summed E-state index contributed by atoms with van der Waals surface area (Å²) in [4.78, 5) is 0. The van der Waals surface area contributed by atoms with Gasteiger partial charge in [-0.3, -0.25) is 0 Å². The van der Waals surface area contributed by atoms with Gasteiger partial charge >= 0.3 is 0 Å². The lowest BCUT2D eigenvalue weighted by molar-refractivity contribution is 0.323. The minimum Gasteiger partial charge on any atom is -0.493 e. The minimum absolute atomic E-state index is 0.198. The highest BCUT2D eigenvalue weighted by Gasteiger charge is 2.42. The van der Waals surface area contributed by atoms with Crippen molar-refractivity contribution in [1.29, 1.82) is 0 Å². The highest BCUT2D eigenvalue weighted by Crippen LogP contribution is 2.58. The van der Waals surface area contributed by atoms with Gasteiger partial charge in [-0.1, -0.05) is 121 Å². The van der Waals surface area contributed by atoms with E-state index in [1.807, 2.05) is 121 Å². The fraction of sp³-hybridized carbons (Fsp3) is 0.143. The summed E-state index contributed by atoms with van der Waals surface area (Å²) in [6.45, 7) is 0. The first kappa shape index (κ1) is 36.4. The molecule has 0 aliphatic heterocycles. The topological polar surface area (TPSA) is 89.5 Å². The maximum atomic E-state index is 16.4. The molecule has 8 nitrogen and oxygen atoms in total. The minimum atomic E-state index is -3.81. The summed E-state index contributed by atoms with van der Waals surface area (Å²) < 4.78 is 69.0. The van der Waals surface area contributed by atoms with Crippen LogP contribution in [0.3, 0.4) is 0 Å². The quantitative estimate of drug-likeness (QED) is 0.122. The molecular weight excluding hydrogens is 694 g/mol. The SMILES string of the molecule is COc1cc(P(=O)(c2ccccc2)c2ccccc2)c(-c2c(P(=O)(c3ccccc3)c3ccccc3)cc(OC)c(OC)c2OC)c(OC)c1OC. The number of hydrogen-bond acceptors (Lipinski definition) is 8. The molecule has 6 rings (SSSR count). The van der Waals surface area contributed by atoms with Crippen LogP contribution in [-0.2, 0) is 9.13 Å². The molecule has 0 aliphatic carbocycles. The molecule has 266 valence electrons. The van der Waals surface area contributed by atoms with Crippen LogP contribution >= 0.6 is 14.3 Å². The molecule has 0 aromatic heterocycles. The number of methoxy groups -OCH3 is 6. The normalized spacial score (nSPS) is 11.4. The second-order valence-electron chi connectivity index (χ2n) is 11.6. The number of ether oxygens (including phenoxy) is 6. The summed E-state index contributed by atoms with van der Waals surface area (Å²) in [5.74, 6) is 1.47. The summed E-state index contributed by atoms with van der Waals surface area (Å²) in [5.41, 5.74) is 0.659. The lowest BCUT2D eigenvalue weighted by Gasteiger charge is -2.30. The van der Waals surface area contributed by atoms with Crippen LogP contribution in [0.25, 0.3) is 11.1 Å². The Balaban J connectivity index is 1.93. The molecule has 6 aromatic rings. The molecule has 0 fully saturated rings. The van der Waals surface area contributed by atoms with Gasteiger partial charge in [-0.2, -0.15) is 0 Å². The largest absolute Gasteiger partial charge is 0.493 e. The molecule has 0 amide bonds. The van der Waals surface area contributed by atoms with E-state index in [1.165, 1.54) is 42.7 Å². The molecule has 0 spiro atoms. The second kappa shape index (κ2) is 15.4. The molecule has 0 aliphatic rings. The van der Waals surface area contributed by atoms with E-state index in [0.29, 0.717) is 54.5 Å². The van der Waals surface area contributed by atoms with Gasteiger partial charge in [-0.25, -0.2) is 0 Å². The van der Waals surface area contributed by atoms with E-state index in [0.717, 1.165) is 0 Å². The van der Waals surface area contributed by atoms with Gasteiger partial charge in [-0.15, -0.1) is 0 Å². The molecule has 10 heteroatoms. The Kier molecular flexibility index (Phi) is 10.8. The highest BCUT2D eigenvalue weighted by atomic mass is 31.2. The Morgan fingerprint density at radius 1 is 0.346 bits per heavy atom. The molecule has 6 aromatic carbocycles. The molecule has 0 unspecified atom stereocenters. The summed E-state index contributed by atoms with van der Waals surface area (Å²) in [7, 11) is 1.41. The highest BCUT2D eigenvalue weighted by molar-refractivity contribution is 7.86. The molecule has 0 heterocycles.